The van der Waals surface area contributed by atoms with Crippen LogP contribution in [0.5, 0.6) is 0 Å². The topological polar surface area (TPSA) is 237 Å². The van der Waals surface area contributed by atoms with Crippen molar-refractivity contribution in [2.45, 2.75) is 97.4 Å². The van der Waals surface area contributed by atoms with Crippen molar-refractivity contribution in [2.75, 3.05) is 5.32 Å². The number of carbonyl (C=O) groups excluding carboxylic acids is 4. The maximum absolute atomic E-state index is 13.4. The van der Waals surface area contributed by atoms with Crippen LogP contribution in [0.4, 0.5) is 14.7 Å². The Labute approximate surface area is 262 Å². The molecule has 3 heterocycles. The van der Waals surface area contributed by atoms with Crippen molar-refractivity contribution in [3.8, 4) is 0 Å². The summed E-state index contributed by atoms with van der Waals surface area (Å²) in [6, 6.07) is -1.67. The molecule has 0 bridgehead atoms. The Morgan fingerprint density at radius 2 is 1.71 bits per heavy atom. The van der Waals surface area contributed by atoms with Crippen LogP contribution < -0.4 is 21.3 Å². The van der Waals surface area contributed by atoms with E-state index in [2.05, 4.69) is 41.6 Å². The summed E-state index contributed by atoms with van der Waals surface area (Å²) in [4.78, 5) is 72.0. The molecule has 0 aliphatic carbocycles. The average molecular weight is 652 g/mol. The van der Waals surface area contributed by atoms with Crippen LogP contribution in [0.3, 0.4) is 0 Å². The number of rotatable bonds is 11. The quantitative estimate of drug-likeness (QED) is 0.132. The molecule has 1 aliphatic heterocycles. The number of amides is 4. The smallest absolute Gasteiger partial charge is 0.413 e. The normalized spacial score (nSPS) is 17.0. The Hall–Kier alpha value is -4.81. The molecule has 2 aromatic heterocycles. The Bertz CT molecular complexity index is 1470. The fourth-order valence-corrected chi connectivity index (χ4v) is 4.04. The minimum atomic E-state index is -1.81. The van der Waals surface area contributed by atoms with Gasteiger partial charge in [0.1, 0.15) is 28.6 Å². The molecule has 2 aromatic rings. The van der Waals surface area contributed by atoms with Crippen LogP contribution in [0.1, 0.15) is 66.8 Å². The van der Waals surface area contributed by atoms with Crippen LogP contribution in [-0.4, -0.2) is 89.7 Å². The number of aliphatic carboxylic acids is 1. The second-order valence-corrected chi connectivity index (χ2v) is 13.2. The lowest BCUT2D eigenvalue weighted by Gasteiger charge is -2.36. The van der Waals surface area contributed by atoms with Crippen LogP contribution in [0, 0.1) is 0 Å². The van der Waals surface area contributed by atoms with Crippen LogP contribution in [-0.2, 0) is 41.8 Å². The zero-order valence-corrected chi connectivity index (χ0v) is 26.9. The monoisotopic (exact) mass is 651 g/mol. The summed E-state index contributed by atoms with van der Waals surface area (Å²) >= 11 is 0.952. The van der Waals surface area contributed by atoms with Gasteiger partial charge in [-0.25, -0.2) is 19.4 Å². The van der Waals surface area contributed by atoms with Gasteiger partial charge in [0.15, 0.2) is 10.8 Å². The van der Waals surface area contributed by atoms with Crippen molar-refractivity contribution in [3.63, 3.8) is 0 Å². The molecule has 246 valence electrons. The molecule has 4 amide bonds. The first-order valence-electron chi connectivity index (χ1n) is 13.6. The van der Waals surface area contributed by atoms with Crippen LogP contribution in [0.2, 0.25) is 0 Å². The summed E-state index contributed by atoms with van der Waals surface area (Å²) < 4.78 is 10.4. The molecule has 45 heavy (non-hydrogen) atoms. The van der Waals surface area contributed by atoms with E-state index >= 15 is 0 Å². The number of hydrogen-bond donors (Lipinski definition) is 5. The summed E-state index contributed by atoms with van der Waals surface area (Å²) in [7, 11) is 0. The van der Waals surface area contributed by atoms with Gasteiger partial charge >= 0.3 is 18.2 Å². The number of anilines is 1. The molecule has 19 heteroatoms. The number of carboxylic acid groups (broad SMARTS) is 1. The van der Waals surface area contributed by atoms with Crippen molar-refractivity contribution in [3.05, 3.63) is 23.0 Å². The van der Waals surface area contributed by atoms with Crippen molar-refractivity contribution < 1.29 is 43.4 Å². The van der Waals surface area contributed by atoms with Crippen LogP contribution in [0.15, 0.2) is 16.7 Å². The number of hydrogen-bond acceptors (Lipinski definition) is 13. The second kappa shape index (κ2) is 13.4. The van der Waals surface area contributed by atoms with Gasteiger partial charge in [0.05, 0.1) is 25.3 Å². The third kappa shape index (κ3) is 10.4. The third-order valence-electron chi connectivity index (χ3n) is 5.51. The van der Waals surface area contributed by atoms with Gasteiger partial charge in [-0.3, -0.25) is 14.9 Å². The third-order valence-corrected chi connectivity index (χ3v) is 6.26. The van der Waals surface area contributed by atoms with Crippen LogP contribution in [0.25, 0.3) is 0 Å². The molecule has 0 saturated carbocycles. The lowest BCUT2D eigenvalue weighted by Crippen LogP contribution is -2.70. The number of thiazole rings is 1. The lowest BCUT2D eigenvalue weighted by molar-refractivity contribution is -0.161. The highest BCUT2D eigenvalue weighted by Crippen LogP contribution is 2.20. The molecule has 0 radical (unpaired) electrons. The number of oxime groups is 1. The van der Waals surface area contributed by atoms with E-state index in [9.17, 15) is 29.1 Å². The minimum Gasteiger partial charge on any atom is -0.478 e. The van der Waals surface area contributed by atoms with Gasteiger partial charge in [-0.15, -0.1) is 11.3 Å². The van der Waals surface area contributed by atoms with E-state index in [1.165, 1.54) is 30.2 Å². The molecule has 3 rings (SSSR count). The molecule has 0 unspecified atom stereocenters. The number of alkyl carbamates (subject to hydrolysis) is 1. The molecule has 18 nitrogen and oxygen atoms in total. The molecule has 0 spiro atoms. The molecule has 5 N–H and O–H groups in total. The predicted octanol–water partition coefficient (Wildman–Crippen LogP) is 1.37. The van der Waals surface area contributed by atoms with Crippen LogP contribution >= 0.6 is 11.3 Å². The summed E-state index contributed by atoms with van der Waals surface area (Å²) in [5, 5.41) is 33.2. The molecule has 2 atom stereocenters. The molecular weight excluding hydrogens is 614 g/mol. The Morgan fingerprint density at radius 3 is 2.31 bits per heavy atom. The van der Waals surface area contributed by atoms with E-state index in [4.69, 9.17) is 14.3 Å². The van der Waals surface area contributed by atoms with Gasteiger partial charge < -0.3 is 35.4 Å². The van der Waals surface area contributed by atoms with Crippen molar-refractivity contribution in [2.24, 2.45) is 5.16 Å². The van der Waals surface area contributed by atoms with Gasteiger partial charge in [0.2, 0.25) is 11.5 Å². The number of carbonyl (C=O) groups is 5. The van der Waals surface area contributed by atoms with E-state index in [1.54, 1.807) is 41.5 Å². The largest absolute Gasteiger partial charge is 0.478 e. The van der Waals surface area contributed by atoms with Crippen molar-refractivity contribution in [1.29, 1.82) is 0 Å². The number of β-lactam (4-membered cyclic amide) rings is 1. The van der Waals surface area contributed by atoms with Gasteiger partial charge in [0.25, 0.3) is 5.91 Å². The Balaban J connectivity index is 1.70. The first-order valence-corrected chi connectivity index (χ1v) is 14.5. The second-order valence-electron chi connectivity index (χ2n) is 12.3. The van der Waals surface area contributed by atoms with Gasteiger partial charge in [-0.05, 0) is 55.4 Å². The maximum Gasteiger partial charge on any atom is 0.413 e. The zero-order valence-electron chi connectivity index (χ0n) is 26.1. The number of nitrogens with zero attached hydrogens (tertiary/aromatic N) is 5. The Morgan fingerprint density at radius 1 is 1.07 bits per heavy atom. The summed E-state index contributed by atoms with van der Waals surface area (Å²) in [5.41, 5.74) is -3.31. The van der Waals surface area contributed by atoms with Crippen molar-refractivity contribution in [1.82, 2.24) is 35.9 Å². The van der Waals surface area contributed by atoms with Gasteiger partial charge in [-0.2, -0.15) is 15.0 Å². The highest BCUT2D eigenvalue weighted by Gasteiger charge is 2.42. The van der Waals surface area contributed by atoms with E-state index in [-0.39, 0.29) is 23.9 Å². The number of ether oxygens (including phenoxy) is 2. The highest BCUT2D eigenvalue weighted by atomic mass is 32.1. The highest BCUT2D eigenvalue weighted by molar-refractivity contribution is 7.14. The lowest BCUT2D eigenvalue weighted by atomic mass is 9.98. The minimum absolute atomic E-state index is 0.0526. The van der Waals surface area contributed by atoms with E-state index in [0.29, 0.717) is 5.69 Å². The number of nitrogens with one attached hydrogen (secondary N) is 4. The zero-order chi connectivity index (χ0) is 33.7. The van der Waals surface area contributed by atoms with Gasteiger partial charge in [-0.1, -0.05) is 5.16 Å². The number of carboxylic acids is 1. The standard InChI is InChI=1S/C26H37N9O9S/c1-24(2,3)42-22(40)27-9-13-10-28-35(33-13)11-14-16(18(36)29-14)31-19(37)17(34-44-26(7,8)20(38)39)15-12-45-21(30-15)32-23(41)43-25(4,5)6/h10,12,14,16H,9,11H2,1-8H3,(H,27,40)(H,29,36)(H,31,37)(H,38,39)(H,30,32,41)/b34-17-/t14-,16+/m1/s1. The van der Waals surface area contributed by atoms with E-state index < -0.39 is 64.6 Å². The average Bonchev–Trinajstić information content (AvgIpc) is 3.53. The van der Waals surface area contributed by atoms with Crippen molar-refractivity contribution >= 4 is 52.2 Å². The summed E-state index contributed by atoms with van der Waals surface area (Å²) in [6.45, 7) is 12.9. The number of aromatic nitrogens is 4. The fourth-order valence-electron chi connectivity index (χ4n) is 3.36. The predicted molar refractivity (Wildman–Crippen MR) is 158 cm³/mol. The Kier molecular flexibility index (Phi) is 10.4. The summed E-state index contributed by atoms with van der Waals surface area (Å²) in [6.07, 6.45) is 0.0369. The maximum atomic E-state index is 13.4. The fraction of sp³-hybridized carbons (Fsp3) is 0.577. The van der Waals surface area contributed by atoms with E-state index in [1.807, 2.05) is 0 Å². The van der Waals surface area contributed by atoms with E-state index in [0.717, 1.165) is 11.3 Å². The molecule has 1 fully saturated rings. The molecule has 1 saturated heterocycles. The summed E-state index contributed by atoms with van der Waals surface area (Å²) in [5.74, 6) is -2.74. The first-order chi connectivity index (χ1) is 20.7. The molecule has 0 aromatic carbocycles. The first kappa shape index (κ1) is 34.7. The van der Waals surface area contributed by atoms with Gasteiger partial charge in [0, 0.05) is 5.38 Å². The molecular formula is C26H37N9O9S. The SMILES string of the molecule is CC(C)(C)OC(=O)NCc1cnn(C[C@H]2NC(=O)[C@H]2NC(=O)/C(=N\OC(C)(C)C(=O)O)c2csc(NC(=O)OC(C)(C)C)n2)n1. The molecule has 1 aliphatic rings.